The Morgan fingerprint density at radius 1 is 1.47 bits per heavy atom. The first-order chi connectivity index (χ1) is 8.12. The summed E-state index contributed by atoms with van der Waals surface area (Å²) in [5, 5.41) is 2.79. The molecular formula is C12H15FN2O2. The molecule has 0 spiro atoms. The summed E-state index contributed by atoms with van der Waals surface area (Å²) in [6.07, 6.45) is -0.641. The number of likely N-dealkylation sites (N-methyl/N-ethyl adjacent to an activating group) is 1. The quantitative estimate of drug-likeness (QED) is 0.812. The van der Waals surface area contributed by atoms with Gasteiger partial charge >= 0.3 is 6.09 Å². The zero-order valence-corrected chi connectivity index (χ0v) is 9.65. The van der Waals surface area contributed by atoms with Crippen LogP contribution in [-0.2, 0) is 11.3 Å². The highest BCUT2D eigenvalue weighted by molar-refractivity contribution is 5.68. The van der Waals surface area contributed by atoms with Crippen LogP contribution in [0.4, 0.5) is 9.18 Å². The van der Waals surface area contributed by atoms with E-state index in [9.17, 15) is 9.18 Å². The van der Waals surface area contributed by atoms with E-state index in [-0.39, 0.29) is 19.7 Å². The molecular weight excluding hydrogens is 223 g/mol. The maximum atomic E-state index is 13.8. The Morgan fingerprint density at radius 2 is 2.12 bits per heavy atom. The van der Waals surface area contributed by atoms with Gasteiger partial charge in [-0.25, -0.2) is 9.18 Å². The standard InChI is InChI=1S/C12H15FN2O2/c1-15(12(13)8-14-9-12)11(16)17-7-10-5-3-2-4-6-10/h2-6,14H,7-9H2,1H3. The average Bonchev–Trinajstić information content (AvgIpc) is 2.33. The van der Waals surface area contributed by atoms with Crippen molar-refractivity contribution < 1.29 is 13.9 Å². The van der Waals surface area contributed by atoms with E-state index < -0.39 is 11.9 Å². The molecule has 1 aliphatic rings. The molecule has 1 aromatic rings. The van der Waals surface area contributed by atoms with Crippen molar-refractivity contribution in [1.82, 2.24) is 10.2 Å². The Hall–Kier alpha value is -1.62. The van der Waals surface area contributed by atoms with Crippen LogP contribution >= 0.6 is 0 Å². The first kappa shape index (κ1) is 11.9. The van der Waals surface area contributed by atoms with Crippen LogP contribution in [0.15, 0.2) is 30.3 Å². The number of ether oxygens (including phenoxy) is 1. The fraction of sp³-hybridized carbons (Fsp3) is 0.417. The second-order valence-corrected chi connectivity index (χ2v) is 4.12. The third-order valence-electron chi connectivity index (χ3n) is 2.87. The van der Waals surface area contributed by atoms with E-state index in [0.717, 1.165) is 10.5 Å². The molecule has 0 saturated carbocycles. The van der Waals surface area contributed by atoms with Gasteiger partial charge in [-0.3, -0.25) is 4.90 Å². The lowest BCUT2D eigenvalue weighted by atomic mass is 10.1. The van der Waals surface area contributed by atoms with Gasteiger partial charge in [0.2, 0.25) is 5.79 Å². The first-order valence-corrected chi connectivity index (χ1v) is 5.46. The van der Waals surface area contributed by atoms with Gasteiger partial charge in [-0.2, -0.15) is 0 Å². The number of benzene rings is 1. The molecule has 5 heteroatoms. The Morgan fingerprint density at radius 3 is 2.65 bits per heavy atom. The molecule has 1 amide bonds. The number of rotatable bonds is 3. The number of nitrogens with zero attached hydrogens (tertiary/aromatic N) is 1. The van der Waals surface area contributed by atoms with Crippen LogP contribution in [0.3, 0.4) is 0 Å². The van der Waals surface area contributed by atoms with Crippen LogP contribution in [-0.4, -0.2) is 36.9 Å². The van der Waals surface area contributed by atoms with Crippen molar-refractivity contribution in [3.8, 4) is 0 Å². The number of carbonyl (C=O) groups excluding carboxylic acids is 1. The predicted molar refractivity (Wildman–Crippen MR) is 61.1 cm³/mol. The van der Waals surface area contributed by atoms with E-state index >= 15 is 0 Å². The van der Waals surface area contributed by atoms with Crippen molar-refractivity contribution in [3.63, 3.8) is 0 Å². The predicted octanol–water partition coefficient (Wildman–Crippen LogP) is 1.52. The number of carbonyl (C=O) groups is 1. The lowest BCUT2D eigenvalue weighted by molar-refractivity contribution is -0.0536. The van der Waals surface area contributed by atoms with Gasteiger partial charge in [0.15, 0.2) is 0 Å². The monoisotopic (exact) mass is 238 g/mol. The van der Waals surface area contributed by atoms with Crippen LogP contribution < -0.4 is 5.32 Å². The van der Waals surface area contributed by atoms with Gasteiger partial charge in [0, 0.05) is 7.05 Å². The highest BCUT2D eigenvalue weighted by atomic mass is 19.1. The maximum absolute atomic E-state index is 13.8. The van der Waals surface area contributed by atoms with E-state index in [1.807, 2.05) is 30.3 Å². The lowest BCUT2D eigenvalue weighted by Gasteiger charge is -2.41. The highest BCUT2D eigenvalue weighted by Crippen LogP contribution is 2.21. The van der Waals surface area contributed by atoms with Gasteiger partial charge in [0.25, 0.3) is 0 Å². The molecule has 1 aromatic carbocycles. The molecule has 0 bridgehead atoms. The summed E-state index contributed by atoms with van der Waals surface area (Å²) in [7, 11) is 1.41. The van der Waals surface area contributed by atoms with Crippen molar-refractivity contribution in [2.45, 2.75) is 12.4 Å². The molecule has 0 atom stereocenters. The Kier molecular flexibility index (Phi) is 3.28. The Bertz CT molecular complexity index is 393. The minimum atomic E-state index is -1.60. The smallest absolute Gasteiger partial charge is 0.412 e. The van der Waals surface area contributed by atoms with Crippen LogP contribution in [0.2, 0.25) is 0 Å². The van der Waals surface area contributed by atoms with Crippen molar-refractivity contribution >= 4 is 6.09 Å². The third kappa shape index (κ3) is 2.55. The molecule has 0 radical (unpaired) electrons. The molecule has 4 nitrogen and oxygen atoms in total. The van der Waals surface area contributed by atoms with Crippen LogP contribution in [0, 0.1) is 0 Å². The second-order valence-electron chi connectivity index (χ2n) is 4.12. The molecule has 17 heavy (non-hydrogen) atoms. The zero-order chi connectivity index (χ0) is 12.3. The minimum absolute atomic E-state index is 0.157. The lowest BCUT2D eigenvalue weighted by Crippen LogP contribution is -2.66. The first-order valence-electron chi connectivity index (χ1n) is 5.46. The summed E-state index contributed by atoms with van der Waals surface area (Å²) >= 11 is 0. The topological polar surface area (TPSA) is 41.6 Å². The van der Waals surface area contributed by atoms with Gasteiger partial charge in [-0.1, -0.05) is 30.3 Å². The van der Waals surface area contributed by atoms with E-state index in [2.05, 4.69) is 5.32 Å². The van der Waals surface area contributed by atoms with E-state index in [1.165, 1.54) is 7.05 Å². The third-order valence-corrected chi connectivity index (χ3v) is 2.87. The van der Waals surface area contributed by atoms with Crippen LogP contribution in [0.5, 0.6) is 0 Å². The number of hydrogen-bond acceptors (Lipinski definition) is 3. The molecule has 2 rings (SSSR count). The number of halogens is 1. The Labute approximate surface area is 99.4 Å². The van der Waals surface area contributed by atoms with E-state index in [1.54, 1.807) is 0 Å². The van der Waals surface area contributed by atoms with Gasteiger partial charge in [-0.05, 0) is 5.56 Å². The second kappa shape index (κ2) is 4.71. The fourth-order valence-electron chi connectivity index (χ4n) is 1.55. The van der Waals surface area contributed by atoms with Gasteiger partial charge < -0.3 is 10.1 Å². The Balaban J connectivity index is 1.85. The number of alkyl halides is 1. The summed E-state index contributed by atoms with van der Waals surface area (Å²) in [4.78, 5) is 12.6. The van der Waals surface area contributed by atoms with Gasteiger partial charge in [0.1, 0.15) is 6.61 Å². The average molecular weight is 238 g/mol. The molecule has 1 fully saturated rings. The summed E-state index contributed by atoms with van der Waals surface area (Å²) in [5.41, 5.74) is 0.883. The molecule has 0 unspecified atom stereocenters. The molecule has 1 saturated heterocycles. The fourth-order valence-corrected chi connectivity index (χ4v) is 1.55. The highest BCUT2D eigenvalue weighted by Gasteiger charge is 2.44. The van der Waals surface area contributed by atoms with Gasteiger partial charge in [-0.15, -0.1) is 0 Å². The maximum Gasteiger partial charge on any atom is 0.412 e. The van der Waals surface area contributed by atoms with Crippen molar-refractivity contribution in [1.29, 1.82) is 0 Å². The summed E-state index contributed by atoms with van der Waals surface area (Å²) in [5.74, 6) is -1.60. The number of amides is 1. The molecule has 0 aliphatic carbocycles. The number of nitrogens with one attached hydrogen (secondary N) is 1. The molecule has 1 aliphatic heterocycles. The summed E-state index contributed by atoms with van der Waals surface area (Å²) in [6, 6.07) is 9.31. The van der Waals surface area contributed by atoms with Crippen molar-refractivity contribution in [3.05, 3.63) is 35.9 Å². The van der Waals surface area contributed by atoms with E-state index in [4.69, 9.17) is 4.74 Å². The van der Waals surface area contributed by atoms with Crippen molar-refractivity contribution in [2.75, 3.05) is 20.1 Å². The molecule has 0 aromatic heterocycles. The minimum Gasteiger partial charge on any atom is -0.444 e. The van der Waals surface area contributed by atoms with Crippen molar-refractivity contribution in [2.24, 2.45) is 0 Å². The molecule has 1 heterocycles. The summed E-state index contributed by atoms with van der Waals surface area (Å²) < 4.78 is 18.9. The SMILES string of the molecule is CN(C(=O)OCc1ccccc1)C1(F)CNC1. The van der Waals surface area contributed by atoms with Crippen LogP contribution in [0.1, 0.15) is 5.56 Å². The summed E-state index contributed by atoms with van der Waals surface area (Å²) in [6.45, 7) is 0.474. The van der Waals surface area contributed by atoms with Crippen LogP contribution in [0.25, 0.3) is 0 Å². The van der Waals surface area contributed by atoms with E-state index in [0.29, 0.717) is 0 Å². The normalized spacial score (nSPS) is 17.1. The zero-order valence-electron chi connectivity index (χ0n) is 9.65. The number of hydrogen-bond donors (Lipinski definition) is 1. The largest absolute Gasteiger partial charge is 0.444 e. The molecule has 1 N–H and O–H groups in total. The van der Waals surface area contributed by atoms with Gasteiger partial charge in [0.05, 0.1) is 13.1 Å². The molecule has 92 valence electrons.